The highest BCUT2D eigenvalue weighted by atomic mass is 19.1. The van der Waals surface area contributed by atoms with Crippen molar-refractivity contribution in [2.45, 2.75) is 32.4 Å². The third-order valence-electron chi connectivity index (χ3n) is 7.07. The normalized spacial score (nSPS) is 13.5. The van der Waals surface area contributed by atoms with E-state index < -0.39 is 5.97 Å². The molecule has 0 saturated carbocycles. The first-order valence-electron chi connectivity index (χ1n) is 12.7. The number of aryl methyl sites for hydroxylation is 1. The number of rotatable bonds is 7. The number of amides is 1. The molecule has 0 spiro atoms. The Hall–Kier alpha value is -4.45. The van der Waals surface area contributed by atoms with Crippen LogP contribution in [-0.2, 0) is 13.0 Å². The van der Waals surface area contributed by atoms with E-state index in [9.17, 15) is 19.1 Å². The fraction of sp³-hybridized carbons (Fsp3) is 0.188. The summed E-state index contributed by atoms with van der Waals surface area (Å²) in [6, 6.07) is 26.8. The minimum Gasteiger partial charge on any atom is -0.478 e. The van der Waals surface area contributed by atoms with Crippen LogP contribution in [0.2, 0.25) is 0 Å². The molecule has 0 radical (unpaired) electrons. The summed E-state index contributed by atoms with van der Waals surface area (Å²) in [7, 11) is 0. The Bertz CT molecular complexity index is 1470. The topological polar surface area (TPSA) is 69.6 Å². The Labute approximate surface area is 221 Å². The van der Waals surface area contributed by atoms with Gasteiger partial charge >= 0.3 is 5.97 Å². The lowest BCUT2D eigenvalue weighted by Gasteiger charge is -2.32. The van der Waals surface area contributed by atoms with Crippen molar-refractivity contribution in [3.05, 3.63) is 125 Å². The molecular weight excluding hydrogens is 479 g/mol. The van der Waals surface area contributed by atoms with E-state index in [0.717, 1.165) is 53.9 Å². The lowest BCUT2D eigenvalue weighted by molar-refractivity contribution is 0.0697. The first kappa shape index (κ1) is 25.2. The number of benzene rings is 4. The van der Waals surface area contributed by atoms with Crippen LogP contribution in [0.4, 0.5) is 10.1 Å². The van der Waals surface area contributed by atoms with E-state index in [0.29, 0.717) is 11.1 Å². The Balaban J connectivity index is 1.29. The number of hydrogen-bond donors (Lipinski definition) is 2. The van der Waals surface area contributed by atoms with Gasteiger partial charge in [0.25, 0.3) is 5.91 Å². The minimum absolute atomic E-state index is 0.154. The van der Waals surface area contributed by atoms with Gasteiger partial charge in [0.05, 0.1) is 11.6 Å². The molecule has 0 bridgehead atoms. The van der Waals surface area contributed by atoms with Crippen LogP contribution < -0.4 is 10.2 Å². The van der Waals surface area contributed by atoms with Crippen molar-refractivity contribution in [2.24, 2.45) is 0 Å². The van der Waals surface area contributed by atoms with Gasteiger partial charge in [-0.05, 0) is 84.0 Å². The molecule has 38 heavy (non-hydrogen) atoms. The number of hydrogen-bond acceptors (Lipinski definition) is 3. The third kappa shape index (κ3) is 5.44. The van der Waals surface area contributed by atoms with Gasteiger partial charge in [-0.25, -0.2) is 9.18 Å². The van der Waals surface area contributed by atoms with E-state index in [1.54, 1.807) is 24.3 Å². The van der Waals surface area contributed by atoms with Gasteiger partial charge in [0.2, 0.25) is 0 Å². The number of carbonyl (C=O) groups is 2. The second kappa shape index (κ2) is 10.9. The first-order chi connectivity index (χ1) is 18.4. The van der Waals surface area contributed by atoms with Gasteiger partial charge in [-0.3, -0.25) is 4.79 Å². The molecule has 1 atom stereocenters. The Kier molecular flexibility index (Phi) is 7.22. The third-order valence-corrected chi connectivity index (χ3v) is 7.07. The summed E-state index contributed by atoms with van der Waals surface area (Å²) < 4.78 is 13.2. The summed E-state index contributed by atoms with van der Waals surface area (Å²) in [6.07, 6.45) is 1.90. The van der Waals surface area contributed by atoms with Crippen LogP contribution in [0.25, 0.3) is 11.1 Å². The number of carboxylic acid groups (broad SMARTS) is 1. The second-order valence-corrected chi connectivity index (χ2v) is 9.66. The van der Waals surface area contributed by atoms with E-state index in [1.165, 1.54) is 12.1 Å². The molecule has 0 aliphatic carbocycles. The molecule has 0 saturated heterocycles. The fourth-order valence-electron chi connectivity index (χ4n) is 5.03. The quantitative estimate of drug-likeness (QED) is 0.294. The average molecular weight is 509 g/mol. The number of anilines is 1. The van der Waals surface area contributed by atoms with Gasteiger partial charge < -0.3 is 15.3 Å². The predicted octanol–water partition coefficient (Wildman–Crippen LogP) is 6.63. The van der Waals surface area contributed by atoms with Crippen molar-refractivity contribution >= 4 is 17.6 Å². The van der Waals surface area contributed by atoms with E-state index in [-0.39, 0.29) is 23.3 Å². The zero-order valence-corrected chi connectivity index (χ0v) is 21.2. The number of aromatic carboxylic acids is 1. The van der Waals surface area contributed by atoms with E-state index in [4.69, 9.17) is 0 Å². The molecule has 0 fully saturated rings. The zero-order valence-electron chi connectivity index (χ0n) is 21.2. The van der Waals surface area contributed by atoms with Gasteiger partial charge in [-0.1, -0.05) is 54.6 Å². The fourth-order valence-corrected chi connectivity index (χ4v) is 5.03. The van der Waals surface area contributed by atoms with Crippen LogP contribution in [0.15, 0.2) is 91.0 Å². The standard InChI is InChI=1S/C32H29FN2O3/c1-21(23-12-15-27(33)16-13-23)34-31(36)26-14-17-30-25(19-26)5-4-18-35(30)20-22-8-10-24(11-9-22)28-6-2-3-7-29(28)32(37)38/h2-3,6-17,19,21H,4-5,18,20H2,1H3,(H,34,36)(H,37,38)/t21-/m0/s1. The summed E-state index contributed by atoms with van der Waals surface area (Å²) in [5.41, 5.74) is 6.72. The van der Waals surface area contributed by atoms with Crippen molar-refractivity contribution in [2.75, 3.05) is 11.4 Å². The Morgan fingerprint density at radius 1 is 0.974 bits per heavy atom. The molecule has 2 N–H and O–H groups in total. The summed E-state index contributed by atoms with van der Waals surface area (Å²) in [5.74, 6) is -1.39. The van der Waals surface area contributed by atoms with Gasteiger partial charge in [0.1, 0.15) is 5.82 Å². The van der Waals surface area contributed by atoms with Crippen LogP contribution in [0.1, 0.15) is 56.8 Å². The highest BCUT2D eigenvalue weighted by Crippen LogP contribution is 2.31. The molecule has 4 aromatic rings. The van der Waals surface area contributed by atoms with Crippen LogP contribution in [0.5, 0.6) is 0 Å². The maximum absolute atomic E-state index is 13.2. The van der Waals surface area contributed by atoms with Crippen LogP contribution in [0, 0.1) is 5.82 Å². The van der Waals surface area contributed by atoms with Crippen molar-refractivity contribution in [1.29, 1.82) is 0 Å². The first-order valence-corrected chi connectivity index (χ1v) is 12.7. The Morgan fingerprint density at radius 2 is 1.71 bits per heavy atom. The number of nitrogens with zero attached hydrogens (tertiary/aromatic N) is 1. The summed E-state index contributed by atoms with van der Waals surface area (Å²) in [4.78, 5) is 26.8. The molecule has 4 aromatic carbocycles. The van der Waals surface area contributed by atoms with E-state index in [2.05, 4.69) is 10.2 Å². The van der Waals surface area contributed by atoms with Crippen molar-refractivity contribution in [3.63, 3.8) is 0 Å². The molecule has 192 valence electrons. The zero-order chi connectivity index (χ0) is 26.6. The molecule has 0 aromatic heterocycles. The molecule has 1 aliphatic heterocycles. The van der Waals surface area contributed by atoms with Gasteiger partial charge in [0, 0.05) is 24.3 Å². The van der Waals surface area contributed by atoms with Gasteiger partial charge in [0.15, 0.2) is 0 Å². The van der Waals surface area contributed by atoms with E-state index >= 15 is 0 Å². The lowest BCUT2D eigenvalue weighted by Crippen LogP contribution is -2.30. The number of carbonyl (C=O) groups excluding carboxylic acids is 1. The number of carboxylic acids is 1. The van der Waals surface area contributed by atoms with Crippen LogP contribution in [-0.4, -0.2) is 23.5 Å². The Morgan fingerprint density at radius 3 is 2.45 bits per heavy atom. The van der Waals surface area contributed by atoms with Crippen molar-refractivity contribution < 1.29 is 19.1 Å². The molecule has 0 unspecified atom stereocenters. The molecule has 1 amide bonds. The predicted molar refractivity (Wildman–Crippen MR) is 147 cm³/mol. The highest BCUT2D eigenvalue weighted by molar-refractivity contribution is 5.96. The van der Waals surface area contributed by atoms with Gasteiger partial charge in [-0.2, -0.15) is 0 Å². The summed E-state index contributed by atoms with van der Waals surface area (Å²) in [6.45, 7) is 3.53. The largest absolute Gasteiger partial charge is 0.478 e. The number of halogens is 1. The van der Waals surface area contributed by atoms with Crippen LogP contribution in [0.3, 0.4) is 0 Å². The maximum atomic E-state index is 13.2. The maximum Gasteiger partial charge on any atom is 0.336 e. The molecule has 1 aliphatic rings. The van der Waals surface area contributed by atoms with E-state index in [1.807, 2.05) is 61.5 Å². The van der Waals surface area contributed by atoms with Crippen LogP contribution >= 0.6 is 0 Å². The lowest BCUT2D eigenvalue weighted by atomic mass is 9.97. The molecular formula is C32H29FN2O3. The highest BCUT2D eigenvalue weighted by Gasteiger charge is 2.20. The number of fused-ring (bicyclic) bond motifs is 1. The minimum atomic E-state index is -0.937. The SMILES string of the molecule is C[C@H](NC(=O)c1ccc2c(c1)CCCN2Cc1ccc(-c2ccccc2C(=O)O)cc1)c1ccc(F)cc1. The smallest absolute Gasteiger partial charge is 0.336 e. The van der Waals surface area contributed by atoms with Crippen molar-refractivity contribution in [3.8, 4) is 11.1 Å². The van der Waals surface area contributed by atoms with Crippen molar-refractivity contribution in [1.82, 2.24) is 5.32 Å². The molecule has 1 heterocycles. The van der Waals surface area contributed by atoms with Gasteiger partial charge in [-0.15, -0.1) is 0 Å². The monoisotopic (exact) mass is 508 g/mol. The second-order valence-electron chi connectivity index (χ2n) is 9.66. The average Bonchev–Trinajstić information content (AvgIpc) is 2.93. The summed E-state index contributed by atoms with van der Waals surface area (Å²) >= 11 is 0. The number of nitrogens with one attached hydrogen (secondary N) is 1. The molecule has 5 nitrogen and oxygen atoms in total. The molecule has 6 heteroatoms. The summed E-state index contributed by atoms with van der Waals surface area (Å²) in [5, 5.41) is 12.5. The molecule has 5 rings (SSSR count).